The molecule has 1 N–H and O–H groups in total. The highest BCUT2D eigenvalue weighted by Crippen LogP contribution is 2.31. The van der Waals surface area contributed by atoms with E-state index in [-0.39, 0.29) is 12.5 Å². The van der Waals surface area contributed by atoms with Gasteiger partial charge in [-0.15, -0.1) is 0 Å². The lowest BCUT2D eigenvalue weighted by Gasteiger charge is -2.25. The van der Waals surface area contributed by atoms with Crippen LogP contribution in [0.5, 0.6) is 11.5 Å². The van der Waals surface area contributed by atoms with E-state index in [0.29, 0.717) is 17.3 Å². The Morgan fingerprint density at radius 1 is 1.30 bits per heavy atom. The lowest BCUT2D eigenvalue weighted by atomic mass is 10.2. The number of hydrogen-bond donors (Lipinski definition) is 1. The van der Waals surface area contributed by atoms with Crippen molar-refractivity contribution in [3.05, 3.63) is 48.2 Å². The Labute approximate surface area is 116 Å². The maximum absolute atomic E-state index is 12.1. The summed E-state index contributed by atoms with van der Waals surface area (Å²) in [5.41, 5.74) is 1.03. The van der Waals surface area contributed by atoms with Gasteiger partial charge in [-0.05, 0) is 36.8 Å². The molecule has 0 bridgehead atoms. The molecule has 0 aliphatic carbocycles. The van der Waals surface area contributed by atoms with Crippen molar-refractivity contribution >= 4 is 11.7 Å². The Morgan fingerprint density at radius 3 is 2.90 bits per heavy atom. The van der Waals surface area contributed by atoms with E-state index in [2.05, 4.69) is 10.3 Å². The molecule has 0 saturated carbocycles. The third-order valence-electron chi connectivity index (χ3n) is 2.97. The van der Waals surface area contributed by atoms with Crippen LogP contribution in [0, 0.1) is 6.92 Å². The Hall–Kier alpha value is -2.56. The molecule has 0 radical (unpaired) electrons. The Bertz CT molecular complexity index is 643. The highest BCUT2D eigenvalue weighted by molar-refractivity contribution is 5.94. The third kappa shape index (κ3) is 2.56. The maximum Gasteiger partial charge on any atom is 0.270 e. The first kappa shape index (κ1) is 12.5. The quantitative estimate of drug-likeness (QED) is 0.908. The van der Waals surface area contributed by atoms with E-state index in [4.69, 9.17) is 9.47 Å². The number of nitrogens with one attached hydrogen (secondary N) is 1. The Morgan fingerprint density at radius 2 is 2.10 bits per heavy atom. The summed E-state index contributed by atoms with van der Waals surface area (Å²) in [5.74, 6) is 1.48. The van der Waals surface area contributed by atoms with E-state index in [9.17, 15) is 4.79 Å². The summed E-state index contributed by atoms with van der Waals surface area (Å²) in [6.45, 7) is 2.13. The van der Waals surface area contributed by atoms with Crippen LogP contribution in [0.1, 0.15) is 5.56 Å². The van der Waals surface area contributed by atoms with Crippen molar-refractivity contribution in [2.24, 2.45) is 0 Å². The number of benzene rings is 1. The van der Waals surface area contributed by atoms with E-state index >= 15 is 0 Å². The minimum absolute atomic E-state index is 0.189. The van der Waals surface area contributed by atoms with Gasteiger partial charge in [-0.2, -0.15) is 0 Å². The number of hydrogen-bond acceptors (Lipinski definition) is 4. The molecule has 1 atom stereocenters. The molecule has 2 heterocycles. The van der Waals surface area contributed by atoms with Gasteiger partial charge in [-0.25, -0.2) is 4.98 Å². The number of para-hydroxylation sites is 2. The largest absolute Gasteiger partial charge is 0.485 e. The topological polar surface area (TPSA) is 60.5 Å². The minimum atomic E-state index is -0.674. The number of ether oxygens (including phenoxy) is 2. The number of amides is 1. The molecule has 1 aliphatic rings. The van der Waals surface area contributed by atoms with Crippen molar-refractivity contribution in [3.63, 3.8) is 0 Å². The average Bonchev–Trinajstić information content (AvgIpc) is 2.47. The molecule has 3 rings (SSSR count). The molecule has 2 aromatic rings. The number of nitrogens with zero attached hydrogens (tertiary/aromatic N) is 1. The van der Waals surface area contributed by atoms with Gasteiger partial charge >= 0.3 is 0 Å². The monoisotopic (exact) mass is 270 g/mol. The van der Waals surface area contributed by atoms with Crippen LogP contribution in [-0.4, -0.2) is 23.6 Å². The highest BCUT2D eigenvalue weighted by atomic mass is 16.6. The normalized spacial score (nSPS) is 16.6. The molecule has 1 amide bonds. The number of rotatable bonds is 2. The van der Waals surface area contributed by atoms with Crippen LogP contribution in [0.2, 0.25) is 0 Å². The second kappa shape index (κ2) is 5.21. The first-order chi connectivity index (χ1) is 9.72. The maximum atomic E-state index is 12.1. The zero-order chi connectivity index (χ0) is 13.9. The van der Waals surface area contributed by atoms with Gasteiger partial charge in [0.15, 0.2) is 11.5 Å². The molecule has 102 valence electrons. The SMILES string of the molecule is Cc1ccnc(NC(=O)[C@H]2COc3ccccc3O2)c1. The number of aryl methyl sites for hydroxylation is 1. The molecular weight excluding hydrogens is 256 g/mol. The molecule has 0 unspecified atom stereocenters. The molecule has 5 nitrogen and oxygen atoms in total. The van der Waals surface area contributed by atoms with E-state index in [1.54, 1.807) is 18.3 Å². The van der Waals surface area contributed by atoms with Crippen molar-refractivity contribution in [2.45, 2.75) is 13.0 Å². The van der Waals surface area contributed by atoms with Crippen molar-refractivity contribution in [3.8, 4) is 11.5 Å². The molecule has 5 heteroatoms. The summed E-state index contributed by atoms with van der Waals surface area (Å²) in [4.78, 5) is 16.2. The highest BCUT2D eigenvalue weighted by Gasteiger charge is 2.27. The summed E-state index contributed by atoms with van der Waals surface area (Å²) in [5, 5.41) is 2.73. The molecule has 1 aromatic heterocycles. The minimum Gasteiger partial charge on any atom is -0.485 e. The second-order valence-corrected chi connectivity index (χ2v) is 4.57. The average molecular weight is 270 g/mol. The molecule has 1 aromatic carbocycles. The Kier molecular flexibility index (Phi) is 3.25. The third-order valence-corrected chi connectivity index (χ3v) is 2.97. The van der Waals surface area contributed by atoms with Gasteiger partial charge in [0.05, 0.1) is 0 Å². The van der Waals surface area contributed by atoms with Gasteiger partial charge in [-0.1, -0.05) is 12.1 Å². The van der Waals surface area contributed by atoms with Crippen molar-refractivity contribution < 1.29 is 14.3 Å². The first-order valence-electron chi connectivity index (χ1n) is 6.34. The molecule has 1 aliphatic heterocycles. The Balaban J connectivity index is 1.70. The van der Waals surface area contributed by atoms with Crippen LogP contribution in [-0.2, 0) is 4.79 Å². The molecule has 0 fully saturated rings. The zero-order valence-electron chi connectivity index (χ0n) is 11.0. The molecular formula is C15H14N2O3. The number of anilines is 1. The van der Waals surface area contributed by atoms with Crippen LogP contribution in [0.15, 0.2) is 42.6 Å². The lowest BCUT2D eigenvalue weighted by Crippen LogP contribution is -2.40. The van der Waals surface area contributed by atoms with Gasteiger partial charge in [0.25, 0.3) is 5.91 Å². The number of aromatic nitrogens is 1. The van der Waals surface area contributed by atoms with Crippen LogP contribution in [0.25, 0.3) is 0 Å². The van der Waals surface area contributed by atoms with Gasteiger partial charge < -0.3 is 14.8 Å². The molecule has 0 spiro atoms. The van der Waals surface area contributed by atoms with Crippen molar-refractivity contribution in [2.75, 3.05) is 11.9 Å². The van der Waals surface area contributed by atoms with Crippen LogP contribution < -0.4 is 14.8 Å². The number of carbonyl (C=O) groups excluding carboxylic acids is 1. The number of carbonyl (C=O) groups is 1. The summed E-state index contributed by atoms with van der Waals surface area (Å²) in [6.07, 6.45) is 0.977. The first-order valence-corrected chi connectivity index (χ1v) is 6.34. The number of pyridine rings is 1. The van der Waals surface area contributed by atoms with E-state index < -0.39 is 6.10 Å². The van der Waals surface area contributed by atoms with E-state index in [1.165, 1.54) is 0 Å². The standard InChI is InChI=1S/C15H14N2O3/c1-10-6-7-16-14(8-10)17-15(18)13-9-19-11-4-2-3-5-12(11)20-13/h2-8,13H,9H2,1H3,(H,16,17,18)/t13-/m1/s1. The summed E-state index contributed by atoms with van der Waals surface area (Å²) in [7, 11) is 0. The van der Waals surface area contributed by atoms with E-state index in [1.807, 2.05) is 31.2 Å². The fraction of sp³-hybridized carbons (Fsp3) is 0.200. The summed E-state index contributed by atoms with van der Waals surface area (Å²) in [6, 6.07) is 11.0. The number of fused-ring (bicyclic) bond motifs is 1. The lowest BCUT2D eigenvalue weighted by molar-refractivity contribution is -0.125. The summed E-state index contributed by atoms with van der Waals surface area (Å²) < 4.78 is 11.1. The van der Waals surface area contributed by atoms with Gasteiger partial charge in [-0.3, -0.25) is 4.79 Å². The van der Waals surface area contributed by atoms with Crippen LogP contribution in [0.3, 0.4) is 0 Å². The molecule has 0 saturated heterocycles. The fourth-order valence-corrected chi connectivity index (χ4v) is 1.96. The zero-order valence-corrected chi connectivity index (χ0v) is 11.0. The van der Waals surface area contributed by atoms with Crippen LogP contribution >= 0.6 is 0 Å². The second-order valence-electron chi connectivity index (χ2n) is 4.57. The van der Waals surface area contributed by atoms with Crippen molar-refractivity contribution in [1.82, 2.24) is 4.98 Å². The fourth-order valence-electron chi connectivity index (χ4n) is 1.96. The van der Waals surface area contributed by atoms with Crippen LogP contribution in [0.4, 0.5) is 5.82 Å². The summed E-state index contributed by atoms with van der Waals surface area (Å²) >= 11 is 0. The predicted molar refractivity (Wildman–Crippen MR) is 74.0 cm³/mol. The molecule has 20 heavy (non-hydrogen) atoms. The van der Waals surface area contributed by atoms with Crippen molar-refractivity contribution in [1.29, 1.82) is 0 Å². The van der Waals surface area contributed by atoms with Gasteiger partial charge in [0.2, 0.25) is 6.10 Å². The van der Waals surface area contributed by atoms with Gasteiger partial charge in [0.1, 0.15) is 12.4 Å². The smallest absolute Gasteiger partial charge is 0.270 e. The van der Waals surface area contributed by atoms with Gasteiger partial charge in [0, 0.05) is 6.20 Å². The van der Waals surface area contributed by atoms with E-state index in [0.717, 1.165) is 5.56 Å². The predicted octanol–water partition coefficient (Wildman–Crippen LogP) is 2.17.